The molecule has 0 saturated heterocycles. The summed E-state index contributed by atoms with van der Waals surface area (Å²) in [6.45, 7) is 6.60. The zero-order valence-corrected chi connectivity index (χ0v) is 14.7. The first-order chi connectivity index (χ1) is 9.20. The summed E-state index contributed by atoms with van der Waals surface area (Å²) < 4.78 is 0. The van der Waals surface area contributed by atoms with E-state index in [1.54, 1.807) is 0 Å². The van der Waals surface area contributed by atoms with Gasteiger partial charge in [-0.2, -0.15) is 0 Å². The van der Waals surface area contributed by atoms with Crippen molar-refractivity contribution < 1.29 is 19.8 Å². The van der Waals surface area contributed by atoms with E-state index >= 15 is 0 Å². The molecule has 1 aromatic carbocycles. The molecule has 108 valence electrons. The first-order valence-corrected chi connectivity index (χ1v) is 6.05. The summed E-state index contributed by atoms with van der Waals surface area (Å²) in [5.74, 6) is -3.09. The Morgan fingerprint density at radius 1 is 0.952 bits per heavy atom. The number of hydrogen-bond donors (Lipinski definition) is 0. The van der Waals surface area contributed by atoms with E-state index in [0.717, 1.165) is 0 Å². The number of allylic oxidation sites excluding steroid dienone is 1. The number of rotatable bonds is 3. The van der Waals surface area contributed by atoms with Crippen LogP contribution in [0.25, 0.3) is 6.08 Å². The molecule has 0 aliphatic heterocycles. The Morgan fingerprint density at radius 3 is 1.71 bits per heavy atom. The van der Waals surface area contributed by atoms with Crippen LogP contribution in [-0.4, -0.2) is 49.7 Å². The third kappa shape index (κ3) is 16.8. The predicted molar refractivity (Wildman–Crippen MR) is 79.8 cm³/mol. The third-order valence-corrected chi connectivity index (χ3v) is 1.93. The molecule has 4 nitrogen and oxygen atoms in total. The van der Waals surface area contributed by atoms with Crippen molar-refractivity contribution in [2.24, 2.45) is 5.41 Å². The van der Waals surface area contributed by atoms with E-state index in [1.807, 2.05) is 6.07 Å². The largest absolute Gasteiger partial charge is 2.00 e. The molecule has 0 heterocycles. The van der Waals surface area contributed by atoms with Gasteiger partial charge < -0.3 is 19.8 Å². The van der Waals surface area contributed by atoms with Crippen LogP contribution < -0.4 is 10.2 Å². The number of carboxylic acid groups (broad SMARTS) is 2. The van der Waals surface area contributed by atoms with Crippen LogP contribution in [0.3, 0.4) is 0 Å². The van der Waals surface area contributed by atoms with Crippen LogP contribution in [0.2, 0.25) is 0 Å². The summed E-state index contributed by atoms with van der Waals surface area (Å²) in [7, 11) is 0. The van der Waals surface area contributed by atoms with Gasteiger partial charge in [-0.05, 0) is 23.1 Å². The normalized spacial score (nSPS) is 10.6. The number of carboxylic acids is 2. The summed E-state index contributed by atoms with van der Waals surface area (Å²) in [5.41, 5.74) is 1.54. The van der Waals surface area contributed by atoms with Crippen molar-refractivity contribution in [2.75, 3.05) is 0 Å². The van der Waals surface area contributed by atoms with Crippen molar-refractivity contribution in [3.05, 3.63) is 54.1 Å². The summed E-state index contributed by atoms with van der Waals surface area (Å²) in [6.07, 6.45) is 5.16. The second-order valence-electron chi connectivity index (χ2n) is 5.08. The first kappa shape index (κ1) is 22.2. The average molecular weight is 314 g/mol. The van der Waals surface area contributed by atoms with E-state index in [2.05, 4.69) is 57.2 Å². The Hall–Kier alpha value is -1.10. The molecule has 5 heteroatoms. The zero-order valence-electron chi connectivity index (χ0n) is 12.5. The summed E-state index contributed by atoms with van der Waals surface area (Å²) in [6, 6.07) is 10.4. The zero-order chi connectivity index (χ0) is 15.6. The fourth-order valence-electron chi connectivity index (χ4n) is 1.05. The van der Waals surface area contributed by atoms with Crippen LogP contribution in [0, 0.1) is 5.41 Å². The van der Waals surface area contributed by atoms with Crippen LogP contribution in [0.15, 0.2) is 48.6 Å². The maximum absolute atomic E-state index is 9.41. The molecule has 0 unspecified atom stereocenters. The van der Waals surface area contributed by atoms with Gasteiger partial charge in [0.05, 0.1) is 11.9 Å². The predicted octanol–water partition coefficient (Wildman–Crippen LogP) is 0.407. The SMILES string of the molecule is CC(C)(C)C=Cc1ccccc1.O=C([O-])/C=C\C(=O)[O-].[Ca+2]. The average Bonchev–Trinajstić information content (AvgIpc) is 2.35. The molecule has 0 fully saturated rings. The van der Waals surface area contributed by atoms with E-state index in [9.17, 15) is 19.8 Å². The topological polar surface area (TPSA) is 80.3 Å². The molecule has 0 radical (unpaired) electrons. The maximum Gasteiger partial charge on any atom is 2.00 e. The van der Waals surface area contributed by atoms with Crippen LogP contribution in [-0.2, 0) is 9.59 Å². The molecular weight excluding hydrogens is 296 g/mol. The fourth-order valence-corrected chi connectivity index (χ4v) is 1.05. The Labute approximate surface area is 155 Å². The van der Waals surface area contributed by atoms with E-state index < -0.39 is 11.9 Å². The standard InChI is InChI=1S/C12H16.C4H4O4.Ca/c1-12(2,3)10-9-11-7-5-4-6-8-11;5-3(6)1-2-4(7)8;/h4-10H,1-3H3;1-2H,(H,5,6)(H,7,8);/q;;+2/p-2/b;2-1-;. The van der Waals surface area contributed by atoms with Crippen molar-refractivity contribution in [1.29, 1.82) is 0 Å². The van der Waals surface area contributed by atoms with Crippen LogP contribution >= 0.6 is 0 Å². The number of benzene rings is 1. The summed E-state index contributed by atoms with van der Waals surface area (Å²) >= 11 is 0. The molecule has 0 amide bonds. The van der Waals surface area contributed by atoms with Crippen molar-refractivity contribution in [3.63, 3.8) is 0 Å². The van der Waals surface area contributed by atoms with Gasteiger partial charge in [-0.25, -0.2) is 0 Å². The summed E-state index contributed by atoms with van der Waals surface area (Å²) in [4.78, 5) is 18.8. The fraction of sp³-hybridized carbons (Fsp3) is 0.250. The van der Waals surface area contributed by atoms with E-state index in [1.165, 1.54) is 5.56 Å². The van der Waals surface area contributed by atoms with Gasteiger partial charge in [0.1, 0.15) is 0 Å². The molecule has 0 aromatic heterocycles. The van der Waals surface area contributed by atoms with Gasteiger partial charge in [-0.15, -0.1) is 0 Å². The van der Waals surface area contributed by atoms with Gasteiger partial charge >= 0.3 is 37.7 Å². The number of carbonyl (C=O) groups is 2. The minimum Gasteiger partial charge on any atom is -0.545 e. The van der Waals surface area contributed by atoms with E-state index in [-0.39, 0.29) is 43.2 Å². The molecule has 21 heavy (non-hydrogen) atoms. The van der Waals surface area contributed by atoms with Crippen molar-refractivity contribution in [1.82, 2.24) is 0 Å². The smallest absolute Gasteiger partial charge is 0.545 e. The van der Waals surface area contributed by atoms with E-state index in [4.69, 9.17) is 0 Å². The molecule has 0 N–H and O–H groups in total. The number of aliphatic carboxylic acids is 2. The van der Waals surface area contributed by atoms with Crippen LogP contribution in [0.4, 0.5) is 0 Å². The quantitative estimate of drug-likeness (QED) is 0.598. The second kappa shape index (κ2) is 11.5. The first-order valence-electron chi connectivity index (χ1n) is 6.05. The molecule has 0 saturated carbocycles. The molecule has 1 rings (SSSR count). The number of hydrogen-bond acceptors (Lipinski definition) is 4. The molecule has 0 aliphatic rings. The van der Waals surface area contributed by atoms with E-state index in [0.29, 0.717) is 12.2 Å². The summed E-state index contributed by atoms with van der Waals surface area (Å²) in [5, 5.41) is 18.8. The molecule has 0 atom stereocenters. The van der Waals surface area contributed by atoms with Crippen molar-refractivity contribution in [3.8, 4) is 0 Å². The van der Waals surface area contributed by atoms with Gasteiger partial charge in [0.25, 0.3) is 0 Å². The molecule has 1 aromatic rings. The molecule has 0 bridgehead atoms. The third-order valence-electron chi connectivity index (χ3n) is 1.93. The minimum absolute atomic E-state index is 0. The Morgan fingerprint density at radius 2 is 1.38 bits per heavy atom. The van der Waals surface area contributed by atoms with Gasteiger partial charge in [0.15, 0.2) is 0 Å². The molecule has 0 aliphatic carbocycles. The van der Waals surface area contributed by atoms with Gasteiger partial charge in [0, 0.05) is 0 Å². The van der Waals surface area contributed by atoms with Gasteiger partial charge in [-0.1, -0.05) is 63.3 Å². The Balaban J connectivity index is 0. The van der Waals surface area contributed by atoms with Gasteiger partial charge in [0.2, 0.25) is 0 Å². The molecular formula is C16H18CaO4. The second-order valence-corrected chi connectivity index (χ2v) is 5.08. The van der Waals surface area contributed by atoms with Crippen LogP contribution in [0.5, 0.6) is 0 Å². The van der Waals surface area contributed by atoms with Crippen molar-refractivity contribution in [2.45, 2.75) is 20.8 Å². The Kier molecular flexibility index (Phi) is 12.2. The van der Waals surface area contributed by atoms with Crippen molar-refractivity contribution >= 4 is 55.8 Å². The molecule has 0 spiro atoms. The number of carbonyl (C=O) groups excluding carboxylic acids is 2. The van der Waals surface area contributed by atoms with Gasteiger partial charge in [-0.3, -0.25) is 0 Å². The maximum atomic E-state index is 9.41. The van der Waals surface area contributed by atoms with Crippen LogP contribution in [0.1, 0.15) is 26.3 Å². The monoisotopic (exact) mass is 314 g/mol. The minimum atomic E-state index is -1.55. The Bertz CT molecular complexity index is 469.